The molecule has 0 saturated heterocycles. The van der Waals surface area contributed by atoms with Gasteiger partial charge in [0.05, 0.1) is 16.1 Å². The summed E-state index contributed by atoms with van der Waals surface area (Å²) in [5, 5.41) is 1.98. The third-order valence-corrected chi connectivity index (χ3v) is 10.7. The summed E-state index contributed by atoms with van der Waals surface area (Å²) in [7, 11) is -2.61. The fourth-order valence-electron chi connectivity index (χ4n) is 3.44. The molecular formula is C20H36Si2. The molecule has 1 unspecified atom stereocenters. The molecule has 0 aromatic carbocycles. The van der Waals surface area contributed by atoms with Gasteiger partial charge < -0.3 is 0 Å². The van der Waals surface area contributed by atoms with Crippen molar-refractivity contribution in [1.82, 2.24) is 0 Å². The molecule has 1 aliphatic rings. The Hall–Kier alpha value is -0.566. The fraction of sp³-hybridized carbons (Fsp3) is 0.650. The Labute approximate surface area is 141 Å². The monoisotopic (exact) mass is 332 g/mol. The van der Waals surface area contributed by atoms with Crippen molar-refractivity contribution >= 4 is 16.1 Å². The molecule has 22 heavy (non-hydrogen) atoms. The van der Waals surface area contributed by atoms with Gasteiger partial charge in [0.2, 0.25) is 0 Å². The van der Waals surface area contributed by atoms with Gasteiger partial charge in [-0.2, -0.15) is 0 Å². The molecule has 0 bridgehead atoms. The Kier molecular flexibility index (Phi) is 5.76. The van der Waals surface area contributed by atoms with Crippen molar-refractivity contribution in [3.8, 4) is 0 Å². The summed E-state index contributed by atoms with van der Waals surface area (Å²) in [5.41, 5.74) is 7.95. The number of rotatable bonds is 3. The van der Waals surface area contributed by atoms with E-state index in [1.165, 1.54) is 24.0 Å². The Morgan fingerprint density at radius 2 is 1.59 bits per heavy atom. The average Bonchev–Trinajstić information content (AvgIpc) is 2.33. The summed E-state index contributed by atoms with van der Waals surface area (Å²) in [6, 6.07) is 0. The smallest absolute Gasteiger partial charge is 0.0724 e. The summed E-state index contributed by atoms with van der Waals surface area (Å²) in [6.45, 7) is 23.9. The van der Waals surface area contributed by atoms with Crippen LogP contribution in [0.1, 0.15) is 40.5 Å². The molecule has 0 heterocycles. The third-order valence-electron chi connectivity index (χ3n) is 5.04. The first-order valence-corrected chi connectivity index (χ1v) is 15.6. The highest BCUT2D eigenvalue weighted by molar-refractivity contribution is 6.83. The van der Waals surface area contributed by atoms with Crippen LogP contribution in [0, 0.1) is 0 Å². The summed E-state index contributed by atoms with van der Waals surface area (Å²) in [5.74, 6) is 0. The fourth-order valence-corrected chi connectivity index (χ4v) is 7.40. The van der Waals surface area contributed by atoms with Crippen LogP contribution >= 0.6 is 0 Å². The van der Waals surface area contributed by atoms with Crippen LogP contribution in [-0.2, 0) is 0 Å². The Morgan fingerprint density at radius 3 is 1.95 bits per heavy atom. The predicted octanol–water partition coefficient (Wildman–Crippen LogP) is 7.12. The van der Waals surface area contributed by atoms with Gasteiger partial charge in [0.1, 0.15) is 0 Å². The van der Waals surface area contributed by atoms with Crippen molar-refractivity contribution in [2.45, 2.75) is 84.9 Å². The van der Waals surface area contributed by atoms with Crippen molar-refractivity contribution in [2.24, 2.45) is 0 Å². The molecule has 0 aromatic rings. The Balaban J connectivity index is 3.65. The Bertz CT molecular complexity index is 547. The van der Waals surface area contributed by atoms with Crippen LogP contribution in [-0.4, -0.2) is 16.1 Å². The number of hydrogen-bond donors (Lipinski definition) is 0. The van der Waals surface area contributed by atoms with Gasteiger partial charge >= 0.3 is 0 Å². The summed E-state index contributed by atoms with van der Waals surface area (Å²) >= 11 is 0. The maximum absolute atomic E-state index is 3.58. The van der Waals surface area contributed by atoms with Crippen LogP contribution in [0.3, 0.4) is 0 Å². The van der Waals surface area contributed by atoms with Crippen LogP contribution in [0.5, 0.6) is 0 Å². The lowest BCUT2D eigenvalue weighted by atomic mass is 9.85. The standard InChI is InChI=1S/C20H36Si2/c1-16(2)11-13-20(22(8,9)10)14-12-18(21(5,6)7)15-19(20)17(3)4/h13,15H,12,14H2,1-10H3. The van der Waals surface area contributed by atoms with Crippen LogP contribution in [0.4, 0.5) is 0 Å². The summed E-state index contributed by atoms with van der Waals surface area (Å²) in [6.07, 6.45) is 7.58. The SMILES string of the molecule is CC(C)=C=CC1([Si](C)(C)C)CCC([Si](C)(C)C)=CC1=C(C)C. The number of allylic oxidation sites excluding steroid dienone is 5. The van der Waals surface area contributed by atoms with Crippen LogP contribution in [0.2, 0.25) is 44.3 Å². The molecule has 0 spiro atoms. The molecule has 0 fully saturated rings. The van der Waals surface area contributed by atoms with Crippen molar-refractivity contribution < 1.29 is 0 Å². The van der Waals surface area contributed by atoms with E-state index in [9.17, 15) is 0 Å². The molecule has 0 N–H and O–H groups in total. The molecule has 124 valence electrons. The van der Waals surface area contributed by atoms with E-state index < -0.39 is 16.1 Å². The van der Waals surface area contributed by atoms with Crippen molar-refractivity contribution in [3.05, 3.63) is 39.8 Å². The van der Waals surface area contributed by atoms with Gasteiger partial charge in [-0.05, 0) is 57.8 Å². The van der Waals surface area contributed by atoms with E-state index in [2.05, 4.69) is 84.9 Å². The van der Waals surface area contributed by atoms with E-state index in [-0.39, 0.29) is 5.04 Å². The minimum Gasteiger partial charge on any atom is -0.126 e. The molecule has 0 aromatic heterocycles. The largest absolute Gasteiger partial charge is 0.126 e. The first kappa shape index (κ1) is 19.5. The first-order chi connectivity index (χ1) is 9.81. The summed E-state index contributed by atoms with van der Waals surface area (Å²) in [4.78, 5) is 0. The lowest BCUT2D eigenvalue weighted by Crippen LogP contribution is -2.42. The maximum Gasteiger partial charge on any atom is 0.0724 e. The second-order valence-electron chi connectivity index (χ2n) is 9.34. The zero-order valence-corrected chi connectivity index (χ0v) is 18.6. The van der Waals surface area contributed by atoms with Crippen molar-refractivity contribution in [3.63, 3.8) is 0 Å². The molecule has 0 amide bonds. The second kappa shape index (κ2) is 6.51. The Morgan fingerprint density at radius 1 is 1.05 bits per heavy atom. The van der Waals surface area contributed by atoms with E-state index in [0.29, 0.717) is 0 Å². The minimum absolute atomic E-state index is 0.242. The molecular weight excluding hydrogens is 296 g/mol. The zero-order valence-electron chi connectivity index (χ0n) is 16.6. The highest BCUT2D eigenvalue weighted by Gasteiger charge is 2.46. The van der Waals surface area contributed by atoms with Gasteiger partial charge in [-0.1, -0.05) is 56.1 Å². The normalized spacial score (nSPS) is 22.8. The second-order valence-corrected chi connectivity index (χ2v) is 19.9. The van der Waals surface area contributed by atoms with Gasteiger partial charge in [-0.25, -0.2) is 0 Å². The van der Waals surface area contributed by atoms with Crippen molar-refractivity contribution in [1.29, 1.82) is 0 Å². The van der Waals surface area contributed by atoms with E-state index in [1.54, 1.807) is 10.8 Å². The van der Waals surface area contributed by atoms with Crippen molar-refractivity contribution in [2.75, 3.05) is 0 Å². The average molecular weight is 333 g/mol. The third kappa shape index (κ3) is 4.04. The number of hydrogen-bond acceptors (Lipinski definition) is 0. The van der Waals surface area contributed by atoms with E-state index in [0.717, 1.165) is 0 Å². The van der Waals surface area contributed by atoms with Gasteiger partial charge in [0, 0.05) is 5.04 Å². The molecule has 1 rings (SSSR count). The first-order valence-electron chi connectivity index (χ1n) is 8.61. The van der Waals surface area contributed by atoms with Crippen LogP contribution in [0.25, 0.3) is 0 Å². The molecule has 0 saturated carbocycles. The molecule has 1 aliphatic carbocycles. The van der Waals surface area contributed by atoms with E-state index >= 15 is 0 Å². The van der Waals surface area contributed by atoms with Gasteiger partial charge in [-0.3, -0.25) is 0 Å². The minimum atomic E-state index is -1.41. The molecule has 0 radical (unpaired) electrons. The molecule has 2 heteroatoms. The summed E-state index contributed by atoms with van der Waals surface area (Å²) < 4.78 is 0. The van der Waals surface area contributed by atoms with Gasteiger partial charge in [0.15, 0.2) is 0 Å². The highest BCUT2D eigenvalue weighted by atomic mass is 28.3. The quantitative estimate of drug-likeness (QED) is 0.381. The topological polar surface area (TPSA) is 0 Å². The van der Waals surface area contributed by atoms with E-state index in [1.807, 2.05) is 0 Å². The highest BCUT2D eigenvalue weighted by Crippen LogP contribution is 2.56. The molecule has 0 aliphatic heterocycles. The van der Waals surface area contributed by atoms with E-state index in [4.69, 9.17) is 0 Å². The van der Waals surface area contributed by atoms with Crippen LogP contribution in [0.15, 0.2) is 39.8 Å². The zero-order chi connectivity index (χ0) is 17.3. The lowest BCUT2D eigenvalue weighted by molar-refractivity contribution is 0.657. The van der Waals surface area contributed by atoms with Gasteiger partial charge in [0.25, 0.3) is 0 Å². The van der Waals surface area contributed by atoms with Crippen LogP contribution < -0.4 is 0 Å². The molecule has 0 nitrogen and oxygen atoms in total. The maximum atomic E-state index is 3.58. The predicted molar refractivity (Wildman–Crippen MR) is 108 cm³/mol. The lowest BCUT2D eigenvalue weighted by Gasteiger charge is -2.47. The van der Waals surface area contributed by atoms with Gasteiger partial charge in [-0.15, -0.1) is 5.73 Å². The molecule has 1 atom stereocenters.